The molecule has 0 unspecified atom stereocenters. The predicted molar refractivity (Wildman–Crippen MR) is 98.1 cm³/mol. The zero-order valence-electron chi connectivity index (χ0n) is 13.7. The molecule has 26 heavy (non-hydrogen) atoms. The third-order valence-electron chi connectivity index (χ3n) is 3.74. The number of anilines is 2. The third kappa shape index (κ3) is 4.31. The number of halogens is 2. The number of ether oxygens (including phenoxy) is 1. The summed E-state index contributed by atoms with van der Waals surface area (Å²) in [6.45, 7) is 2.63. The van der Waals surface area contributed by atoms with Crippen molar-refractivity contribution < 1.29 is 18.3 Å². The van der Waals surface area contributed by atoms with E-state index in [2.05, 4.69) is 21.2 Å². The molecular formula is C18H15BrFN3O3. The van der Waals surface area contributed by atoms with Crippen molar-refractivity contribution >= 4 is 39.5 Å². The van der Waals surface area contributed by atoms with E-state index in [-0.39, 0.29) is 5.57 Å². The topological polar surface area (TPSA) is 78.5 Å². The van der Waals surface area contributed by atoms with E-state index in [0.717, 1.165) is 4.47 Å². The Kier molecular flexibility index (Phi) is 5.71. The molecule has 1 aliphatic rings. The van der Waals surface area contributed by atoms with E-state index in [1.165, 1.54) is 30.3 Å². The molecule has 0 spiro atoms. The lowest BCUT2D eigenvalue weighted by molar-refractivity contribution is -0.112. The second kappa shape index (κ2) is 8.17. The monoisotopic (exact) mass is 419 g/mol. The van der Waals surface area contributed by atoms with Gasteiger partial charge in [0, 0.05) is 30.9 Å². The highest BCUT2D eigenvalue weighted by molar-refractivity contribution is 9.10. The minimum Gasteiger partial charge on any atom is -0.440 e. The number of morpholine rings is 1. The first-order valence-corrected chi connectivity index (χ1v) is 8.67. The first-order valence-electron chi connectivity index (χ1n) is 7.87. The Bertz CT molecular complexity index is 865. The molecule has 0 aliphatic carbocycles. The molecule has 8 heteroatoms. The van der Waals surface area contributed by atoms with Gasteiger partial charge in [-0.2, -0.15) is 5.26 Å². The van der Waals surface area contributed by atoms with Crippen LogP contribution in [0.3, 0.4) is 0 Å². The molecular weight excluding hydrogens is 405 g/mol. The number of nitrogens with one attached hydrogen (secondary N) is 1. The first kappa shape index (κ1) is 18.2. The fourth-order valence-corrected chi connectivity index (χ4v) is 3.01. The van der Waals surface area contributed by atoms with Crippen molar-refractivity contribution in [2.75, 3.05) is 36.5 Å². The summed E-state index contributed by atoms with van der Waals surface area (Å²) in [4.78, 5) is 14.3. The number of amides is 1. The van der Waals surface area contributed by atoms with Gasteiger partial charge in [-0.25, -0.2) is 4.39 Å². The van der Waals surface area contributed by atoms with Crippen molar-refractivity contribution in [2.24, 2.45) is 0 Å². The lowest BCUT2D eigenvalue weighted by atomic mass is 10.2. The fourth-order valence-electron chi connectivity index (χ4n) is 2.45. The van der Waals surface area contributed by atoms with Crippen LogP contribution < -0.4 is 10.2 Å². The molecule has 0 radical (unpaired) electrons. The van der Waals surface area contributed by atoms with Crippen LogP contribution in [0.25, 0.3) is 6.08 Å². The van der Waals surface area contributed by atoms with Gasteiger partial charge < -0.3 is 19.4 Å². The smallest absolute Gasteiger partial charge is 0.266 e. The summed E-state index contributed by atoms with van der Waals surface area (Å²) < 4.78 is 24.7. The number of carbonyl (C=O) groups excluding carboxylic acids is 1. The van der Waals surface area contributed by atoms with Gasteiger partial charge in [-0.15, -0.1) is 0 Å². The second-order valence-electron chi connectivity index (χ2n) is 5.53. The highest BCUT2D eigenvalue weighted by Gasteiger charge is 2.19. The number of furan rings is 1. The van der Waals surface area contributed by atoms with E-state index >= 15 is 0 Å². The molecule has 3 rings (SSSR count). The maximum atomic E-state index is 12.9. The molecule has 1 amide bonds. The summed E-state index contributed by atoms with van der Waals surface area (Å²) in [5, 5.41) is 11.8. The molecule has 0 atom stereocenters. The predicted octanol–water partition coefficient (Wildman–Crippen LogP) is 3.56. The van der Waals surface area contributed by atoms with Gasteiger partial charge in [0.2, 0.25) is 5.88 Å². The molecule has 2 heterocycles. The van der Waals surface area contributed by atoms with Gasteiger partial charge in [0.05, 0.1) is 17.7 Å². The van der Waals surface area contributed by atoms with E-state index in [9.17, 15) is 14.4 Å². The van der Waals surface area contributed by atoms with Crippen LogP contribution >= 0.6 is 15.9 Å². The molecule has 2 aromatic rings. The van der Waals surface area contributed by atoms with Gasteiger partial charge in [-0.1, -0.05) is 0 Å². The number of nitriles is 1. The van der Waals surface area contributed by atoms with Gasteiger partial charge in [0.1, 0.15) is 23.2 Å². The van der Waals surface area contributed by atoms with Crippen molar-refractivity contribution in [1.82, 2.24) is 0 Å². The number of hydrogen-bond donors (Lipinski definition) is 1. The van der Waals surface area contributed by atoms with E-state index in [1.54, 1.807) is 6.07 Å². The second-order valence-corrected chi connectivity index (χ2v) is 6.39. The van der Waals surface area contributed by atoms with Gasteiger partial charge in [0.15, 0.2) is 0 Å². The summed E-state index contributed by atoms with van der Waals surface area (Å²) >= 11 is 3.44. The maximum absolute atomic E-state index is 12.9. The minimum absolute atomic E-state index is 0.121. The number of rotatable bonds is 4. The summed E-state index contributed by atoms with van der Waals surface area (Å²) in [7, 11) is 0. The molecule has 1 aromatic heterocycles. The molecule has 1 aromatic carbocycles. The Labute approximate surface area is 158 Å². The van der Waals surface area contributed by atoms with Gasteiger partial charge >= 0.3 is 0 Å². The molecule has 6 nitrogen and oxygen atoms in total. The molecule has 1 saturated heterocycles. The minimum atomic E-state index is -0.598. The Morgan fingerprint density at radius 3 is 2.65 bits per heavy atom. The van der Waals surface area contributed by atoms with E-state index in [1.807, 2.05) is 11.0 Å². The number of carbonyl (C=O) groups is 1. The van der Waals surface area contributed by atoms with E-state index in [0.29, 0.717) is 43.6 Å². The van der Waals surface area contributed by atoms with Gasteiger partial charge in [-0.3, -0.25) is 4.79 Å². The third-order valence-corrected chi connectivity index (χ3v) is 4.31. The Balaban J connectivity index is 1.77. The molecule has 0 saturated carbocycles. The summed E-state index contributed by atoms with van der Waals surface area (Å²) in [6, 6.07) is 8.85. The first-order chi connectivity index (χ1) is 12.6. The van der Waals surface area contributed by atoms with Crippen molar-refractivity contribution in [3.63, 3.8) is 0 Å². The lowest BCUT2D eigenvalue weighted by Crippen LogP contribution is -2.36. The van der Waals surface area contributed by atoms with Crippen LogP contribution in [-0.4, -0.2) is 32.2 Å². The van der Waals surface area contributed by atoms with E-state index < -0.39 is 11.7 Å². The van der Waals surface area contributed by atoms with Crippen LogP contribution in [0, 0.1) is 17.1 Å². The fraction of sp³-hybridized carbons (Fsp3) is 0.222. The molecule has 1 fully saturated rings. The molecule has 0 bridgehead atoms. The van der Waals surface area contributed by atoms with Crippen LogP contribution in [0.4, 0.5) is 16.0 Å². The molecule has 1 aliphatic heterocycles. The van der Waals surface area contributed by atoms with Crippen LogP contribution in [0.2, 0.25) is 0 Å². The van der Waals surface area contributed by atoms with Crippen molar-refractivity contribution in [2.45, 2.75) is 0 Å². The standard InChI is InChI=1S/C18H15BrFN3O3/c19-16-10-15(26-18(16)23-5-7-25-8-6-23)9-12(11-21)17(24)22-14-3-1-13(20)2-4-14/h1-4,9-10H,5-8H2,(H,22,24)/b12-9-. The van der Waals surface area contributed by atoms with Crippen molar-refractivity contribution in [3.8, 4) is 6.07 Å². The lowest BCUT2D eigenvalue weighted by Gasteiger charge is -2.26. The number of benzene rings is 1. The zero-order valence-corrected chi connectivity index (χ0v) is 15.3. The Hall–Kier alpha value is -2.63. The zero-order chi connectivity index (χ0) is 18.5. The van der Waals surface area contributed by atoms with Crippen LogP contribution in [0.5, 0.6) is 0 Å². The normalized spacial score (nSPS) is 14.8. The van der Waals surface area contributed by atoms with Crippen LogP contribution in [0.15, 0.2) is 44.8 Å². The summed E-state index contributed by atoms with van der Waals surface area (Å²) in [5.41, 5.74) is 0.274. The number of nitrogens with zero attached hydrogens (tertiary/aromatic N) is 2. The Morgan fingerprint density at radius 2 is 2.00 bits per heavy atom. The van der Waals surface area contributed by atoms with Crippen molar-refractivity contribution in [3.05, 3.63) is 52.0 Å². The maximum Gasteiger partial charge on any atom is 0.266 e. The SMILES string of the molecule is N#C/C(=C/c1cc(Br)c(N2CCOCC2)o1)C(=O)Nc1ccc(F)cc1. The Morgan fingerprint density at radius 1 is 1.31 bits per heavy atom. The molecule has 1 N–H and O–H groups in total. The average molecular weight is 420 g/mol. The number of hydrogen-bond acceptors (Lipinski definition) is 5. The highest BCUT2D eigenvalue weighted by Crippen LogP contribution is 2.31. The van der Waals surface area contributed by atoms with Gasteiger partial charge in [0.25, 0.3) is 5.91 Å². The van der Waals surface area contributed by atoms with Crippen LogP contribution in [0.1, 0.15) is 5.76 Å². The summed E-state index contributed by atoms with van der Waals surface area (Å²) in [6.07, 6.45) is 1.37. The van der Waals surface area contributed by atoms with E-state index in [4.69, 9.17) is 9.15 Å². The van der Waals surface area contributed by atoms with Crippen LogP contribution in [-0.2, 0) is 9.53 Å². The summed E-state index contributed by atoms with van der Waals surface area (Å²) in [5.74, 6) is 0.00892. The largest absolute Gasteiger partial charge is 0.440 e. The molecule has 134 valence electrons. The average Bonchev–Trinajstić information content (AvgIpc) is 3.02. The van der Waals surface area contributed by atoms with Gasteiger partial charge in [-0.05, 0) is 40.2 Å². The highest BCUT2D eigenvalue weighted by atomic mass is 79.9. The quantitative estimate of drug-likeness (QED) is 0.605. The van der Waals surface area contributed by atoms with Crippen molar-refractivity contribution in [1.29, 1.82) is 5.26 Å².